The summed E-state index contributed by atoms with van der Waals surface area (Å²) in [5.41, 5.74) is 7.47. The van der Waals surface area contributed by atoms with Crippen molar-refractivity contribution in [3.8, 4) is 0 Å². The summed E-state index contributed by atoms with van der Waals surface area (Å²) in [4.78, 5) is 21.3. The number of hydrogen-bond acceptors (Lipinski definition) is 6. The summed E-state index contributed by atoms with van der Waals surface area (Å²) in [6, 6.07) is 2.56. The molecule has 2 aromatic rings. The molecule has 2 aromatic heterocycles. The van der Waals surface area contributed by atoms with Crippen molar-refractivity contribution in [1.29, 1.82) is 0 Å². The van der Waals surface area contributed by atoms with E-state index in [0.29, 0.717) is 12.0 Å². The highest BCUT2D eigenvalue weighted by molar-refractivity contribution is 6.00. The smallest absolute Gasteiger partial charge is 0.162 e. The van der Waals surface area contributed by atoms with E-state index >= 15 is 0 Å². The van der Waals surface area contributed by atoms with Gasteiger partial charge in [-0.05, 0) is 49.8 Å². The molecule has 0 aromatic carbocycles. The summed E-state index contributed by atoms with van der Waals surface area (Å²) >= 11 is 0. The molecule has 7 nitrogen and oxygen atoms in total. The summed E-state index contributed by atoms with van der Waals surface area (Å²) < 4.78 is 0. The molecular formula is C28H39N7. The van der Waals surface area contributed by atoms with Crippen LogP contribution in [0.5, 0.6) is 0 Å². The van der Waals surface area contributed by atoms with Gasteiger partial charge < -0.3 is 20.5 Å². The van der Waals surface area contributed by atoms with Crippen LogP contribution in [0.15, 0.2) is 23.2 Å². The van der Waals surface area contributed by atoms with Crippen LogP contribution in [0, 0.1) is 18.3 Å². The number of aliphatic imine (C=N–C) groups is 1. The molecule has 1 unspecified atom stereocenters. The fourth-order valence-electron chi connectivity index (χ4n) is 5.80. The van der Waals surface area contributed by atoms with E-state index in [0.717, 1.165) is 78.0 Å². The van der Waals surface area contributed by atoms with Gasteiger partial charge in [0.2, 0.25) is 0 Å². The van der Waals surface area contributed by atoms with Gasteiger partial charge in [-0.3, -0.25) is 4.99 Å². The number of fused-ring (bicyclic) bond motifs is 2. The predicted octanol–water partition coefficient (Wildman–Crippen LogP) is 2.75. The van der Waals surface area contributed by atoms with Gasteiger partial charge in [0.05, 0.1) is 18.0 Å². The summed E-state index contributed by atoms with van der Waals surface area (Å²) in [6.07, 6.45) is 5.39. The highest BCUT2D eigenvalue weighted by Gasteiger charge is 2.36. The highest BCUT2D eigenvalue weighted by atomic mass is 15.2. The molecule has 3 aliphatic rings. The van der Waals surface area contributed by atoms with E-state index < -0.39 is 0 Å². The minimum atomic E-state index is 0.130. The molecule has 0 radical (unpaired) electrons. The summed E-state index contributed by atoms with van der Waals surface area (Å²) in [5, 5.41) is 8.25. The molecule has 0 amide bonds. The zero-order valence-electron chi connectivity index (χ0n) is 22.2. The van der Waals surface area contributed by atoms with Crippen molar-refractivity contribution in [2.24, 2.45) is 16.3 Å². The van der Waals surface area contributed by atoms with E-state index in [1.54, 1.807) is 0 Å². The number of piperidine rings is 1. The topological polar surface area (TPSA) is 81.2 Å². The third kappa shape index (κ3) is 4.20. The van der Waals surface area contributed by atoms with Crippen LogP contribution in [0.25, 0.3) is 11.1 Å². The third-order valence-corrected chi connectivity index (χ3v) is 7.78. The van der Waals surface area contributed by atoms with E-state index in [4.69, 9.17) is 15.0 Å². The van der Waals surface area contributed by atoms with Crippen LogP contribution in [0.1, 0.15) is 58.0 Å². The number of nitrogens with one attached hydrogen (secondary N) is 3. The molecule has 3 aliphatic heterocycles. The number of hydrogen-bond donors (Lipinski definition) is 3. The SMILES string of the molecule is CC1=NCC(C(C)C)=c2c1nc(=C1C=CCNc3[nH]c(C)cc31)nc2N(C)C1CCNCC1(C)C. The van der Waals surface area contributed by atoms with Crippen LogP contribution < -0.4 is 26.2 Å². The first-order chi connectivity index (χ1) is 16.7. The Balaban J connectivity index is 1.84. The molecule has 35 heavy (non-hydrogen) atoms. The number of anilines is 2. The molecule has 1 atom stereocenters. The number of rotatable bonds is 3. The van der Waals surface area contributed by atoms with Crippen LogP contribution in [0.3, 0.4) is 0 Å². The summed E-state index contributed by atoms with van der Waals surface area (Å²) in [5.74, 6) is 2.44. The molecule has 7 heteroatoms. The minimum Gasteiger partial charge on any atom is -0.368 e. The third-order valence-electron chi connectivity index (χ3n) is 7.78. The van der Waals surface area contributed by atoms with Gasteiger partial charge in [0, 0.05) is 48.2 Å². The molecular weight excluding hydrogens is 434 g/mol. The number of H-pyrrole nitrogens is 1. The molecule has 0 saturated carbocycles. The van der Waals surface area contributed by atoms with Gasteiger partial charge >= 0.3 is 0 Å². The van der Waals surface area contributed by atoms with Crippen LogP contribution in [-0.2, 0) is 0 Å². The number of aromatic nitrogens is 3. The standard InChI is InChI=1S/C28H39N7/c1-16(2)21-14-31-18(4)24-23(21)27(35(7)22-10-12-29-15-28(22,5)6)34-26(33-24)19-9-8-11-30-25-20(19)13-17(3)32-25/h8-9,13,16,22,29-30,32H,10-12,14-15H2,1-7H3. The second-order valence-corrected chi connectivity index (χ2v) is 11.2. The van der Waals surface area contributed by atoms with Crippen LogP contribution in [-0.4, -0.2) is 59.9 Å². The highest BCUT2D eigenvalue weighted by Crippen LogP contribution is 2.31. The Morgan fingerprint density at radius 3 is 2.71 bits per heavy atom. The van der Waals surface area contributed by atoms with Crippen LogP contribution >= 0.6 is 0 Å². The fraction of sp³-hybridized carbons (Fsp3) is 0.536. The molecule has 0 aliphatic carbocycles. The van der Waals surface area contributed by atoms with E-state index in [9.17, 15) is 0 Å². The second-order valence-electron chi connectivity index (χ2n) is 11.2. The first-order valence-corrected chi connectivity index (χ1v) is 12.9. The van der Waals surface area contributed by atoms with Gasteiger partial charge in [0.25, 0.3) is 0 Å². The maximum Gasteiger partial charge on any atom is 0.162 e. The summed E-state index contributed by atoms with van der Waals surface area (Å²) in [7, 11) is 2.23. The zero-order chi connectivity index (χ0) is 24.9. The molecule has 0 bridgehead atoms. The number of allylic oxidation sites excluding steroid dienone is 1. The second kappa shape index (κ2) is 8.94. The van der Waals surface area contributed by atoms with Crippen molar-refractivity contribution in [3.05, 3.63) is 45.9 Å². The maximum absolute atomic E-state index is 5.36. The number of aryl methyl sites for hydroxylation is 1. The van der Waals surface area contributed by atoms with Gasteiger partial charge in [-0.1, -0.05) is 39.8 Å². The predicted molar refractivity (Wildman–Crippen MR) is 146 cm³/mol. The lowest BCUT2D eigenvalue weighted by atomic mass is 9.79. The van der Waals surface area contributed by atoms with Gasteiger partial charge in [0.1, 0.15) is 11.6 Å². The van der Waals surface area contributed by atoms with Gasteiger partial charge in [-0.25, -0.2) is 9.97 Å². The van der Waals surface area contributed by atoms with E-state index in [1.807, 2.05) is 0 Å². The molecule has 186 valence electrons. The Morgan fingerprint density at radius 2 is 1.97 bits per heavy atom. The minimum absolute atomic E-state index is 0.130. The van der Waals surface area contributed by atoms with Crippen LogP contribution in [0.2, 0.25) is 0 Å². The molecule has 0 spiro atoms. The lowest BCUT2D eigenvalue weighted by molar-refractivity contribution is 0.214. The normalized spacial score (nSPS) is 22.8. The van der Waals surface area contributed by atoms with Crippen molar-refractivity contribution in [2.45, 2.75) is 54.0 Å². The Hall–Kier alpha value is -2.93. The average Bonchev–Trinajstić information content (AvgIpc) is 3.06. The summed E-state index contributed by atoms with van der Waals surface area (Å²) in [6.45, 7) is 16.9. The number of nitrogens with zero attached hydrogens (tertiary/aromatic N) is 4. The van der Waals surface area contributed by atoms with E-state index in [1.165, 1.54) is 10.8 Å². The maximum atomic E-state index is 5.36. The van der Waals surface area contributed by atoms with Gasteiger partial charge in [0.15, 0.2) is 5.48 Å². The van der Waals surface area contributed by atoms with E-state index in [-0.39, 0.29) is 5.41 Å². The Kier molecular flexibility index (Phi) is 6.08. The molecule has 1 saturated heterocycles. The zero-order valence-corrected chi connectivity index (χ0v) is 22.2. The quantitative estimate of drug-likeness (QED) is 0.639. The largest absolute Gasteiger partial charge is 0.368 e. The Bertz CT molecular complexity index is 1330. The Labute approximate surface area is 208 Å². The van der Waals surface area contributed by atoms with Crippen molar-refractivity contribution in [1.82, 2.24) is 20.3 Å². The van der Waals surface area contributed by atoms with Crippen molar-refractivity contribution in [2.75, 3.05) is 43.4 Å². The van der Waals surface area contributed by atoms with Gasteiger partial charge in [-0.15, -0.1) is 0 Å². The Morgan fingerprint density at radius 1 is 1.17 bits per heavy atom. The molecule has 3 N–H and O–H groups in total. The molecule has 5 rings (SSSR count). The first-order valence-electron chi connectivity index (χ1n) is 12.9. The van der Waals surface area contributed by atoms with Crippen molar-refractivity contribution >= 4 is 28.5 Å². The molecule has 5 heterocycles. The number of aromatic amines is 1. The fourth-order valence-corrected chi connectivity index (χ4v) is 5.80. The van der Waals surface area contributed by atoms with Crippen molar-refractivity contribution in [3.63, 3.8) is 0 Å². The molecule has 1 fully saturated rings. The average molecular weight is 474 g/mol. The van der Waals surface area contributed by atoms with Crippen LogP contribution in [0.4, 0.5) is 11.6 Å². The van der Waals surface area contributed by atoms with Crippen molar-refractivity contribution < 1.29 is 0 Å². The lowest BCUT2D eigenvalue weighted by Gasteiger charge is -2.45. The monoisotopic (exact) mass is 473 g/mol. The lowest BCUT2D eigenvalue weighted by Crippen LogP contribution is -2.55. The van der Waals surface area contributed by atoms with E-state index in [2.05, 4.69) is 87.3 Å². The van der Waals surface area contributed by atoms with Gasteiger partial charge in [-0.2, -0.15) is 0 Å². The first kappa shape index (κ1) is 23.8.